The van der Waals surface area contributed by atoms with Crippen LogP contribution in [0.4, 0.5) is 4.79 Å². The van der Waals surface area contributed by atoms with E-state index in [0.717, 1.165) is 16.9 Å². The number of hydrogen-bond acceptors (Lipinski definition) is 3. The first-order valence-corrected chi connectivity index (χ1v) is 5.99. The van der Waals surface area contributed by atoms with Gasteiger partial charge in [0.25, 0.3) is 0 Å². The average molecular weight is 241 g/mol. The van der Waals surface area contributed by atoms with Gasteiger partial charge < -0.3 is 4.74 Å². The van der Waals surface area contributed by atoms with Crippen molar-refractivity contribution in [2.45, 2.75) is 18.3 Å². The topological polar surface area (TPSA) is 46.6 Å². The number of hydrogen-bond donors (Lipinski definition) is 0. The molecule has 4 nitrogen and oxygen atoms in total. The number of ether oxygens (including phenoxy) is 1. The van der Waals surface area contributed by atoms with Crippen molar-refractivity contribution in [3.63, 3.8) is 0 Å². The van der Waals surface area contributed by atoms with Gasteiger partial charge in [0.15, 0.2) is 0 Å². The molecule has 1 saturated heterocycles. The number of nitrogens with zero attached hydrogens (tertiary/aromatic N) is 1. The zero-order valence-corrected chi connectivity index (χ0v) is 9.78. The highest BCUT2D eigenvalue weighted by atomic mass is 16.6. The lowest BCUT2D eigenvalue weighted by Crippen LogP contribution is -2.40. The van der Waals surface area contributed by atoms with Crippen LogP contribution in [0.2, 0.25) is 0 Å². The largest absolute Gasteiger partial charge is 0.448 e. The van der Waals surface area contributed by atoms with Crippen molar-refractivity contribution >= 4 is 19.8 Å². The van der Waals surface area contributed by atoms with E-state index in [2.05, 4.69) is 0 Å². The van der Waals surface area contributed by atoms with Crippen molar-refractivity contribution in [1.82, 2.24) is 4.90 Å². The second-order valence-electron chi connectivity index (χ2n) is 4.71. The maximum Gasteiger partial charge on any atom is 0.416 e. The number of cyclic esters (lactones) is 1. The Labute approximate surface area is 106 Å². The van der Waals surface area contributed by atoms with Crippen LogP contribution >= 0.6 is 0 Å². The molecule has 2 amide bonds. The van der Waals surface area contributed by atoms with E-state index in [1.54, 1.807) is 0 Å². The Morgan fingerprint density at radius 1 is 1.33 bits per heavy atom. The lowest BCUT2D eigenvalue weighted by molar-refractivity contribution is -0.129. The van der Waals surface area contributed by atoms with E-state index >= 15 is 0 Å². The maximum atomic E-state index is 12.2. The molecule has 0 bridgehead atoms. The average Bonchev–Trinajstić information content (AvgIpc) is 3.11. The molecule has 5 heteroatoms. The summed E-state index contributed by atoms with van der Waals surface area (Å²) >= 11 is 0. The summed E-state index contributed by atoms with van der Waals surface area (Å²) in [4.78, 5) is 24.6. The molecule has 18 heavy (non-hydrogen) atoms. The van der Waals surface area contributed by atoms with Gasteiger partial charge in [0.1, 0.15) is 14.5 Å². The van der Waals surface area contributed by atoms with E-state index < -0.39 is 12.0 Å². The summed E-state index contributed by atoms with van der Waals surface area (Å²) in [7, 11) is 5.68. The first-order valence-electron chi connectivity index (χ1n) is 5.99. The standard InChI is InChI=1S/C13H12BNO3/c14-11-7-18-13(17)15(11)12(16)10-6-9(10)8-4-2-1-3-5-8/h1-5,9-11H,6-7H2/t9-,10?,11+/m0/s1. The molecule has 0 aromatic heterocycles. The Bertz CT molecular complexity index is 490. The van der Waals surface area contributed by atoms with E-state index in [1.807, 2.05) is 30.3 Å². The fraction of sp³-hybridized carbons (Fsp3) is 0.385. The third-order valence-corrected chi connectivity index (χ3v) is 3.48. The minimum Gasteiger partial charge on any atom is -0.448 e. The SMILES string of the molecule is [B][C@H]1COC(=O)N1C(=O)C1C[C@H]1c1ccccc1. The van der Waals surface area contributed by atoms with Gasteiger partial charge in [-0.25, -0.2) is 9.69 Å². The van der Waals surface area contributed by atoms with Gasteiger partial charge in [-0.1, -0.05) is 30.3 Å². The summed E-state index contributed by atoms with van der Waals surface area (Å²) < 4.78 is 4.76. The molecule has 3 rings (SSSR count). The van der Waals surface area contributed by atoms with Crippen LogP contribution in [-0.2, 0) is 9.53 Å². The third kappa shape index (κ3) is 1.80. The van der Waals surface area contributed by atoms with Gasteiger partial charge in [0, 0.05) is 11.9 Å². The smallest absolute Gasteiger partial charge is 0.416 e. The monoisotopic (exact) mass is 241 g/mol. The van der Waals surface area contributed by atoms with Crippen LogP contribution in [0.3, 0.4) is 0 Å². The number of rotatable bonds is 2. The molecule has 1 saturated carbocycles. The lowest BCUT2D eigenvalue weighted by Gasteiger charge is -2.16. The van der Waals surface area contributed by atoms with Crippen molar-refractivity contribution in [1.29, 1.82) is 0 Å². The molecule has 1 aromatic carbocycles. The predicted molar refractivity (Wildman–Crippen MR) is 65.0 cm³/mol. The number of benzene rings is 1. The molecule has 1 unspecified atom stereocenters. The molecule has 0 spiro atoms. The highest BCUT2D eigenvalue weighted by Crippen LogP contribution is 2.48. The maximum absolute atomic E-state index is 12.2. The first kappa shape index (κ1) is 11.3. The number of amides is 2. The fourth-order valence-electron chi connectivity index (χ4n) is 2.40. The third-order valence-electron chi connectivity index (χ3n) is 3.48. The molecule has 0 N–H and O–H groups in total. The minimum absolute atomic E-state index is 0.0906. The van der Waals surface area contributed by atoms with Crippen LogP contribution in [0.5, 0.6) is 0 Å². The quantitative estimate of drug-likeness (QED) is 0.732. The van der Waals surface area contributed by atoms with Crippen molar-refractivity contribution in [3.8, 4) is 0 Å². The molecular formula is C13H12BNO3. The minimum atomic E-state index is -0.637. The zero-order chi connectivity index (χ0) is 12.7. The normalized spacial score (nSPS) is 30.1. The molecule has 1 aliphatic heterocycles. The summed E-state index contributed by atoms with van der Waals surface area (Å²) in [6.45, 7) is 0.0906. The van der Waals surface area contributed by atoms with Crippen LogP contribution in [0, 0.1) is 5.92 Å². The van der Waals surface area contributed by atoms with Crippen LogP contribution < -0.4 is 0 Å². The molecule has 2 aliphatic rings. The Morgan fingerprint density at radius 3 is 2.67 bits per heavy atom. The number of imide groups is 1. The van der Waals surface area contributed by atoms with E-state index in [0.29, 0.717) is 0 Å². The molecule has 2 radical (unpaired) electrons. The van der Waals surface area contributed by atoms with Gasteiger partial charge in [-0.2, -0.15) is 0 Å². The highest BCUT2D eigenvalue weighted by Gasteiger charge is 2.49. The molecule has 1 aromatic rings. The highest BCUT2D eigenvalue weighted by molar-refractivity contribution is 6.16. The number of carbonyl (C=O) groups excluding carboxylic acids is 2. The van der Waals surface area contributed by atoms with Crippen molar-refractivity contribution < 1.29 is 14.3 Å². The summed E-state index contributed by atoms with van der Waals surface area (Å²) in [5, 5.41) is 0. The van der Waals surface area contributed by atoms with Gasteiger partial charge in [0.2, 0.25) is 5.91 Å². The van der Waals surface area contributed by atoms with E-state index in [-0.39, 0.29) is 24.3 Å². The molecule has 1 heterocycles. The van der Waals surface area contributed by atoms with Gasteiger partial charge in [0.05, 0.1) is 0 Å². The van der Waals surface area contributed by atoms with Crippen molar-refractivity contribution in [2.24, 2.45) is 5.92 Å². The molecular weight excluding hydrogens is 229 g/mol. The summed E-state index contributed by atoms with van der Waals surface area (Å²) in [5.41, 5.74) is 1.14. The summed E-state index contributed by atoms with van der Waals surface area (Å²) in [6.07, 6.45) is 0.158. The van der Waals surface area contributed by atoms with Gasteiger partial charge in [-0.15, -0.1) is 0 Å². The van der Waals surface area contributed by atoms with Crippen molar-refractivity contribution in [2.75, 3.05) is 6.61 Å². The molecule has 90 valence electrons. The zero-order valence-electron chi connectivity index (χ0n) is 9.78. The predicted octanol–water partition coefficient (Wildman–Crippen LogP) is 1.26. The second kappa shape index (κ2) is 4.16. The Kier molecular flexibility index (Phi) is 2.61. The summed E-state index contributed by atoms with van der Waals surface area (Å²) in [6, 6.07) is 9.84. The Morgan fingerprint density at radius 2 is 2.06 bits per heavy atom. The molecule has 3 atom stereocenters. The molecule has 1 aliphatic carbocycles. The number of carbonyl (C=O) groups is 2. The Balaban J connectivity index is 1.71. The first-order chi connectivity index (χ1) is 8.68. The van der Waals surface area contributed by atoms with Gasteiger partial charge in [-0.05, 0) is 17.9 Å². The van der Waals surface area contributed by atoms with Crippen LogP contribution in [0.15, 0.2) is 30.3 Å². The van der Waals surface area contributed by atoms with Crippen molar-refractivity contribution in [3.05, 3.63) is 35.9 Å². The van der Waals surface area contributed by atoms with Crippen LogP contribution in [0.1, 0.15) is 17.9 Å². The fourth-order valence-corrected chi connectivity index (χ4v) is 2.40. The van der Waals surface area contributed by atoms with E-state index in [9.17, 15) is 9.59 Å². The van der Waals surface area contributed by atoms with E-state index in [4.69, 9.17) is 12.6 Å². The lowest BCUT2D eigenvalue weighted by atomic mass is 9.96. The molecule has 2 fully saturated rings. The van der Waals surface area contributed by atoms with Crippen LogP contribution in [-0.4, -0.2) is 37.3 Å². The Hall–Kier alpha value is -1.78. The second-order valence-corrected chi connectivity index (χ2v) is 4.71. The van der Waals surface area contributed by atoms with Gasteiger partial charge >= 0.3 is 6.09 Å². The van der Waals surface area contributed by atoms with Gasteiger partial charge in [-0.3, -0.25) is 4.79 Å². The van der Waals surface area contributed by atoms with Crippen LogP contribution in [0.25, 0.3) is 0 Å². The van der Waals surface area contributed by atoms with E-state index in [1.165, 1.54) is 0 Å². The summed E-state index contributed by atoms with van der Waals surface area (Å²) in [5.74, 6) is -0.774.